The number of anilines is 1. The van der Waals surface area contributed by atoms with E-state index in [1.807, 2.05) is 0 Å². The second kappa shape index (κ2) is 10.5. The minimum absolute atomic E-state index is 0. The first kappa shape index (κ1) is 25.8. The molecule has 1 aromatic carbocycles. The quantitative estimate of drug-likeness (QED) is 0.275. The number of fused-ring (bicyclic) bond motifs is 1. The van der Waals surface area contributed by atoms with Gasteiger partial charge in [-0.25, -0.2) is 8.78 Å². The van der Waals surface area contributed by atoms with Gasteiger partial charge in [-0.15, -0.1) is 0 Å². The summed E-state index contributed by atoms with van der Waals surface area (Å²) in [5.41, 5.74) is -1.10. The van der Waals surface area contributed by atoms with Crippen LogP contribution in [-0.4, -0.2) is 52.0 Å². The highest BCUT2D eigenvalue weighted by atomic mass is 35.5. The average Bonchev–Trinajstić information content (AvgIpc) is 3.14. The summed E-state index contributed by atoms with van der Waals surface area (Å²) in [5.74, 6) is -2.79. The second-order valence-corrected chi connectivity index (χ2v) is 6.93. The van der Waals surface area contributed by atoms with E-state index in [-0.39, 0.29) is 32.0 Å². The topological polar surface area (TPSA) is 76.4 Å². The lowest BCUT2D eigenvalue weighted by Crippen LogP contribution is -3.00. The van der Waals surface area contributed by atoms with Crippen LogP contribution in [0.5, 0.6) is 5.75 Å². The van der Waals surface area contributed by atoms with Gasteiger partial charge >= 0.3 is 7.60 Å². The van der Waals surface area contributed by atoms with Crippen molar-refractivity contribution in [3.8, 4) is 16.9 Å². The molecule has 0 fully saturated rings. The Morgan fingerprint density at radius 2 is 1.88 bits per heavy atom. The third kappa shape index (κ3) is 5.48. The van der Waals surface area contributed by atoms with Crippen molar-refractivity contribution < 1.29 is 40.5 Å². The van der Waals surface area contributed by atoms with Gasteiger partial charge in [0, 0.05) is 12.1 Å². The van der Waals surface area contributed by atoms with Gasteiger partial charge in [0.1, 0.15) is 40.7 Å². The van der Waals surface area contributed by atoms with E-state index in [0.717, 1.165) is 29.9 Å². The van der Waals surface area contributed by atoms with Crippen molar-refractivity contribution in [3.05, 3.63) is 35.2 Å². The molecule has 2 heterocycles. The average molecular weight is 501 g/mol. The number of halogens is 7. The lowest BCUT2D eigenvalue weighted by atomic mass is 10.1. The molecule has 3 aromatic rings. The summed E-state index contributed by atoms with van der Waals surface area (Å²) in [4.78, 5) is 7.65. The number of nitrogens with zero attached hydrogens (tertiary/aromatic N) is 4. The monoisotopic (exact) mass is 500 g/mol. The fourth-order valence-electron chi connectivity index (χ4n) is 2.77. The Morgan fingerprint density at radius 3 is 2.47 bits per heavy atom. The summed E-state index contributed by atoms with van der Waals surface area (Å²) in [6.07, 6.45) is -3.02. The number of benzene rings is 1. The van der Waals surface area contributed by atoms with E-state index in [2.05, 4.69) is 25.7 Å². The Bertz CT molecular complexity index is 1060. The minimum atomic E-state index is -4.65. The molecule has 176 valence electrons. The van der Waals surface area contributed by atoms with Gasteiger partial charge in [-0.3, -0.25) is 0 Å². The maximum Gasteiger partial charge on any atom is 1.00 e. The van der Waals surface area contributed by atoms with E-state index >= 15 is 0 Å². The predicted molar refractivity (Wildman–Crippen MR) is 105 cm³/mol. The number of alkyl halides is 3. The van der Waals surface area contributed by atoms with Crippen LogP contribution in [0.15, 0.2) is 18.5 Å². The Hall–Kier alpha value is -2.44. The molecule has 14 heteroatoms. The molecule has 0 saturated carbocycles. The van der Waals surface area contributed by atoms with Gasteiger partial charge in [0.2, 0.25) is 0 Å². The van der Waals surface area contributed by atoms with Crippen molar-refractivity contribution in [1.82, 2.24) is 24.9 Å². The number of hydrogen-bond donors (Lipinski definition) is 2. The van der Waals surface area contributed by atoms with Crippen LogP contribution in [0.2, 0.25) is 5.15 Å². The predicted octanol–water partition coefficient (Wildman–Crippen LogP) is 1.19. The highest BCUT2D eigenvalue weighted by Crippen LogP contribution is 2.39. The van der Waals surface area contributed by atoms with E-state index in [4.69, 9.17) is 16.3 Å². The number of nitrogens with one attached hydrogen (secondary N) is 2. The lowest BCUT2D eigenvalue weighted by Gasteiger charge is -2.21. The third-order valence-electron chi connectivity index (χ3n) is 4.33. The van der Waals surface area contributed by atoms with E-state index in [1.165, 1.54) is 0 Å². The Balaban J connectivity index is 0.00000272. The van der Waals surface area contributed by atoms with Gasteiger partial charge in [0.05, 0.1) is 17.7 Å². The largest absolute Gasteiger partial charge is 1.00 e. The number of aromatic nitrogens is 4. The lowest BCUT2D eigenvalue weighted by molar-refractivity contribution is -0.138. The summed E-state index contributed by atoms with van der Waals surface area (Å²) < 4.78 is 75.5. The second-order valence-electron chi connectivity index (χ2n) is 6.57. The maximum atomic E-state index is 14.9. The van der Waals surface area contributed by atoms with Gasteiger partial charge in [-0.05, 0) is 26.9 Å². The molecule has 1 atom stereocenters. The minimum Gasteiger partial charge on any atom is -1.00 e. The molecule has 0 spiro atoms. The third-order valence-corrected chi connectivity index (χ3v) is 4.61. The first-order chi connectivity index (χ1) is 14.6. The summed E-state index contributed by atoms with van der Waals surface area (Å²) in [6.45, 7) is 1.70. The number of hydrogen-bond acceptors (Lipinski definition) is 6. The Morgan fingerprint density at radius 1 is 1.22 bits per heavy atom. The zero-order chi connectivity index (χ0) is 22.8. The van der Waals surface area contributed by atoms with Gasteiger partial charge < -0.3 is 27.8 Å². The highest BCUT2D eigenvalue weighted by molar-refractivity contribution is 6.33. The van der Waals surface area contributed by atoms with E-state index < -0.39 is 46.0 Å². The van der Waals surface area contributed by atoms with Crippen molar-refractivity contribution in [2.45, 2.75) is 25.6 Å². The fourth-order valence-corrected chi connectivity index (χ4v) is 3.03. The summed E-state index contributed by atoms with van der Waals surface area (Å²) in [5, 5.41) is 8.43. The van der Waals surface area contributed by atoms with Gasteiger partial charge in [0.25, 0.3) is 5.78 Å². The number of ether oxygens (including phenoxy) is 1. The highest BCUT2D eigenvalue weighted by Gasteiger charge is 2.37. The molecule has 0 bridgehead atoms. The van der Waals surface area contributed by atoms with E-state index in [9.17, 15) is 22.0 Å². The Labute approximate surface area is 192 Å². The molecule has 0 amide bonds. The summed E-state index contributed by atoms with van der Waals surface area (Å²) in [6, 6.07) is -0.231. The molecule has 0 aliphatic rings. The Kier molecular flexibility index (Phi) is 8.43. The molecule has 2 aromatic heterocycles. The number of rotatable bonds is 8. The van der Waals surface area contributed by atoms with Crippen molar-refractivity contribution in [3.63, 3.8) is 0 Å². The smallest absolute Gasteiger partial charge is 1.00 e. The summed E-state index contributed by atoms with van der Waals surface area (Å²) >= 11 is 6.11. The normalized spacial score (nSPS) is 12.5. The van der Waals surface area contributed by atoms with E-state index in [1.54, 1.807) is 7.05 Å². The van der Waals surface area contributed by atoms with Gasteiger partial charge in [-0.2, -0.15) is 32.8 Å². The molecule has 0 unspecified atom stereocenters. The van der Waals surface area contributed by atoms with Crippen LogP contribution in [0.4, 0.5) is 27.8 Å². The van der Waals surface area contributed by atoms with Gasteiger partial charge in [0.15, 0.2) is 0 Å². The zero-order valence-electron chi connectivity index (χ0n) is 17.8. The molecular formula is C18H19Cl2F5N6O. The molecular weight excluding hydrogens is 482 g/mol. The molecule has 0 saturated heterocycles. The van der Waals surface area contributed by atoms with Crippen LogP contribution in [0.1, 0.15) is 14.8 Å². The van der Waals surface area contributed by atoms with Gasteiger partial charge in [-0.1, -0.05) is 11.6 Å². The van der Waals surface area contributed by atoms with Crippen LogP contribution in [-0.2, 0) is 0 Å². The zero-order valence-corrected chi connectivity index (χ0v) is 18.3. The molecule has 32 heavy (non-hydrogen) atoms. The van der Waals surface area contributed by atoms with Crippen molar-refractivity contribution in [2.24, 2.45) is 0 Å². The van der Waals surface area contributed by atoms with Crippen LogP contribution >= 0.6 is 11.6 Å². The molecule has 0 radical (unpaired) electrons. The van der Waals surface area contributed by atoms with Crippen molar-refractivity contribution >= 4 is 23.2 Å². The molecule has 2 N–H and O–H groups in total. The maximum absolute atomic E-state index is 14.9. The van der Waals surface area contributed by atoms with Crippen molar-refractivity contribution in [1.29, 1.82) is 0 Å². The fraction of sp³-hybridized carbons (Fsp3) is 0.389. The molecule has 0 aliphatic heterocycles. The van der Waals surface area contributed by atoms with Crippen LogP contribution in [0.3, 0.4) is 0 Å². The molecule has 7 nitrogen and oxygen atoms in total. The summed E-state index contributed by atoms with van der Waals surface area (Å²) in [7, 11) is 1.75. The van der Waals surface area contributed by atoms with Crippen LogP contribution in [0.25, 0.3) is 16.9 Å². The first-order valence-electron chi connectivity index (χ1n) is 9.12. The SMILES string of the molecule is CNCCCOc1cc(F)c(-c2c(Cl)nc3ncnn3c2N[C@@H](C)C(F)(F)F)c(F)c1.[Cl-].[H+]. The standard InChI is InChI=1S/C18H18ClF5N6O.ClH/c1-9(18(22,23)24)28-16-14(15(19)29-17-26-8-27-30(16)17)13-11(20)6-10(7-12(13)21)31-5-3-4-25-2;/h6-9,25,28H,3-5H2,1-2H3;1H/t9-;/m0./s1. The molecule has 0 aliphatic carbocycles. The van der Waals surface area contributed by atoms with Crippen molar-refractivity contribution in [2.75, 3.05) is 25.5 Å². The van der Waals surface area contributed by atoms with Crippen LogP contribution in [0, 0.1) is 11.6 Å². The van der Waals surface area contributed by atoms with E-state index in [0.29, 0.717) is 13.0 Å². The molecule has 3 rings (SSSR count). The van der Waals surface area contributed by atoms with Crippen LogP contribution < -0.4 is 27.8 Å². The first-order valence-corrected chi connectivity index (χ1v) is 9.50.